The van der Waals surface area contributed by atoms with Crippen LogP contribution in [0.1, 0.15) is 10.4 Å². The molecule has 1 nitrogen and oxygen atoms in total. The van der Waals surface area contributed by atoms with E-state index in [1.165, 1.54) is 5.38 Å². The van der Waals surface area contributed by atoms with Crippen molar-refractivity contribution in [2.75, 3.05) is 0 Å². The van der Waals surface area contributed by atoms with Crippen molar-refractivity contribution < 1.29 is 13.2 Å². The van der Waals surface area contributed by atoms with Gasteiger partial charge in [0.05, 0.1) is 5.69 Å². The first-order chi connectivity index (χ1) is 10.5. The number of hydrogen-bond acceptors (Lipinski definition) is 2. The molecule has 0 bridgehead atoms. The lowest BCUT2D eigenvalue weighted by Crippen LogP contribution is -2.00. The third-order valence-corrected chi connectivity index (χ3v) is 4.28. The quantitative estimate of drug-likeness (QED) is 0.592. The van der Waals surface area contributed by atoms with Crippen LogP contribution in [0.3, 0.4) is 0 Å². The summed E-state index contributed by atoms with van der Waals surface area (Å²) < 4.78 is 38.2. The van der Waals surface area contributed by atoms with Gasteiger partial charge in [0.2, 0.25) is 0 Å². The maximum Gasteiger partial charge on any atom is 0.425 e. The highest BCUT2D eigenvalue weighted by Gasteiger charge is 2.32. The van der Waals surface area contributed by atoms with Gasteiger partial charge in [-0.25, -0.2) is 0 Å². The molecule has 0 aliphatic rings. The zero-order valence-electron chi connectivity index (χ0n) is 11.4. The number of halogens is 3. The maximum atomic E-state index is 12.7. The number of alkyl halides is 3. The normalized spacial score (nSPS) is 11.6. The fraction of sp³-hybridized carbons (Fsp3) is 0.0588. The first kappa shape index (κ1) is 14.8. The molecule has 0 aliphatic heterocycles. The molecular formula is C17H11F3NS. The summed E-state index contributed by atoms with van der Waals surface area (Å²) in [7, 11) is 0. The summed E-state index contributed by atoms with van der Waals surface area (Å²) in [6.07, 6.45) is -2.64. The fourth-order valence-electron chi connectivity index (χ4n) is 2.25. The average molecular weight is 318 g/mol. The molecule has 3 aromatic rings. The van der Waals surface area contributed by atoms with E-state index in [0.29, 0.717) is 28.0 Å². The Morgan fingerprint density at radius 1 is 1.00 bits per heavy atom. The smallest absolute Gasteiger partial charge is 0.256 e. The molecule has 0 atom stereocenters. The number of aromatic nitrogens is 1. The molecule has 0 unspecified atom stereocenters. The summed E-state index contributed by atoms with van der Waals surface area (Å²) in [4.78, 5) is 3.67. The molecule has 0 saturated heterocycles. The Labute approximate surface area is 130 Å². The van der Waals surface area contributed by atoms with Crippen LogP contribution in [-0.2, 0) is 6.18 Å². The Morgan fingerprint density at radius 2 is 1.77 bits per heavy atom. The van der Waals surface area contributed by atoms with E-state index < -0.39 is 11.1 Å². The van der Waals surface area contributed by atoms with E-state index in [0.717, 1.165) is 17.3 Å². The highest BCUT2D eigenvalue weighted by atomic mass is 32.1. The van der Waals surface area contributed by atoms with Crippen molar-refractivity contribution in [1.82, 2.24) is 4.98 Å². The van der Waals surface area contributed by atoms with Gasteiger partial charge in [-0.15, -0.1) is 11.3 Å². The fourth-order valence-corrected chi connectivity index (χ4v) is 3.02. The van der Waals surface area contributed by atoms with Gasteiger partial charge in [-0.05, 0) is 47.2 Å². The van der Waals surface area contributed by atoms with E-state index >= 15 is 0 Å². The van der Waals surface area contributed by atoms with Gasteiger partial charge >= 0.3 is 6.18 Å². The van der Waals surface area contributed by atoms with Crippen molar-refractivity contribution in [1.29, 1.82) is 0 Å². The van der Waals surface area contributed by atoms with Crippen LogP contribution in [0.25, 0.3) is 22.4 Å². The second-order valence-corrected chi connectivity index (χ2v) is 5.66. The topological polar surface area (TPSA) is 12.9 Å². The molecule has 2 heterocycles. The molecule has 0 saturated carbocycles. The third kappa shape index (κ3) is 2.76. The maximum absolute atomic E-state index is 12.7. The van der Waals surface area contributed by atoms with Crippen LogP contribution in [-0.4, -0.2) is 4.98 Å². The largest absolute Gasteiger partial charge is 0.425 e. The van der Waals surface area contributed by atoms with E-state index in [9.17, 15) is 13.2 Å². The molecule has 0 N–H and O–H groups in total. The number of rotatable bonds is 2. The van der Waals surface area contributed by atoms with Crippen molar-refractivity contribution in [2.45, 2.75) is 6.18 Å². The van der Waals surface area contributed by atoms with E-state index in [-0.39, 0.29) is 0 Å². The summed E-state index contributed by atoms with van der Waals surface area (Å²) in [5.74, 6) is 0. The third-order valence-electron chi connectivity index (χ3n) is 3.31. The molecule has 3 rings (SSSR count). The summed E-state index contributed by atoms with van der Waals surface area (Å²) in [6, 6.07) is 12.1. The second-order valence-electron chi connectivity index (χ2n) is 4.74. The minimum Gasteiger partial charge on any atom is -0.256 e. The SMILES string of the molecule is [CH2]c1c(-c2csc(C(F)(F)F)c2)cccc1-c1ccccn1. The van der Waals surface area contributed by atoms with Crippen LogP contribution < -0.4 is 0 Å². The first-order valence-corrected chi connectivity index (χ1v) is 7.37. The predicted molar refractivity (Wildman–Crippen MR) is 82.4 cm³/mol. The Hall–Kier alpha value is -2.14. The molecule has 5 heteroatoms. The van der Waals surface area contributed by atoms with Crippen LogP contribution in [0, 0.1) is 6.92 Å². The molecule has 0 spiro atoms. The summed E-state index contributed by atoms with van der Waals surface area (Å²) in [5.41, 5.74) is 3.46. The predicted octanol–water partition coefficient (Wildman–Crippen LogP) is 5.68. The molecule has 111 valence electrons. The molecule has 0 aliphatic carbocycles. The summed E-state index contributed by atoms with van der Waals surface area (Å²) >= 11 is 0.693. The monoisotopic (exact) mass is 318 g/mol. The van der Waals surface area contributed by atoms with Crippen molar-refractivity contribution >= 4 is 11.3 Å². The Kier molecular flexibility index (Phi) is 3.74. The Bertz CT molecular complexity index is 791. The standard InChI is InChI=1S/C17H11F3NS/c1-11-13(12-9-16(22-10-12)17(18,19)20)5-4-6-14(11)15-7-2-3-8-21-15/h2-10H,1H2. The van der Waals surface area contributed by atoms with Crippen LogP contribution >= 0.6 is 11.3 Å². The molecule has 2 aromatic heterocycles. The van der Waals surface area contributed by atoms with Crippen molar-refractivity contribution in [2.24, 2.45) is 0 Å². The lowest BCUT2D eigenvalue weighted by atomic mass is 9.96. The van der Waals surface area contributed by atoms with Crippen LogP contribution in [0.5, 0.6) is 0 Å². The van der Waals surface area contributed by atoms with E-state index in [2.05, 4.69) is 11.9 Å². The Morgan fingerprint density at radius 3 is 2.41 bits per heavy atom. The van der Waals surface area contributed by atoms with Crippen LogP contribution in [0.2, 0.25) is 0 Å². The van der Waals surface area contributed by atoms with Crippen LogP contribution in [0.4, 0.5) is 13.2 Å². The molecule has 1 radical (unpaired) electrons. The highest BCUT2D eigenvalue weighted by molar-refractivity contribution is 7.10. The highest BCUT2D eigenvalue weighted by Crippen LogP contribution is 2.39. The minimum atomic E-state index is -4.32. The van der Waals surface area contributed by atoms with Gasteiger partial charge < -0.3 is 0 Å². The van der Waals surface area contributed by atoms with Crippen molar-refractivity contribution in [3.63, 3.8) is 0 Å². The lowest BCUT2D eigenvalue weighted by Gasteiger charge is -2.10. The second kappa shape index (κ2) is 5.57. The zero-order valence-corrected chi connectivity index (χ0v) is 12.2. The lowest BCUT2D eigenvalue weighted by molar-refractivity contribution is -0.134. The first-order valence-electron chi connectivity index (χ1n) is 6.49. The van der Waals surface area contributed by atoms with Gasteiger partial charge in [-0.1, -0.05) is 24.3 Å². The zero-order chi connectivity index (χ0) is 15.7. The summed E-state index contributed by atoms with van der Waals surface area (Å²) in [6.45, 7) is 4.03. The van der Waals surface area contributed by atoms with Gasteiger partial charge in [-0.2, -0.15) is 13.2 Å². The van der Waals surface area contributed by atoms with Gasteiger partial charge in [-0.3, -0.25) is 4.98 Å². The number of pyridine rings is 1. The van der Waals surface area contributed by atoms with Crippen molar-refractivity contribution in [3.8, 4) is 22.4 Å². The molecule has 1 aromatic carbocycles. The van der Waals surface area contributed by atoms with Gasteiger partial charge in [0.15, 0.2) is 0 Å². The number of benzene rings is 1. The average Bonchev–Trinajstić information content (AvgIpc) is 2.98. The molecular weight excluding hydrogens is 307 g/mol. The van der Waals surface area contributed by atoms with Crippen molar-refractivity contribution in [3.05, 3.63) is 71.4 Å². The number of hydrogen-bond donors (Lipinski definition) is 0. The minimum absolute atomic E-state index is 0.528. The van der Waals surface area contributed by atoms with E-state index in [4.69, 9.17) is 0 Å². The van der Waals surface area contributed by atoms with E-state index in [1.54, 1.807) is 18.3 Å². The van der Waals surface area contributed by atoms with Gasteiger partial charge in [0.1, 0.15) is 4.88 Å². The summed E-state index contributed by atoms with van der Waals surface area (Å²) in [5, 5.41) is 1.51. The molecule has 0 fully saturated rings. The Balaban J connectivity index is 2.08. The van der Waals surface area contributed by atoms with E-state index in [1.807, 2.05) is 24.3 Å². The molecule has 0 amide bonds. The van der Waals surface area contributed by atoms with Gasteiger partial charge in [0.25, 0.3) is 0 Å². The number of thiophene rings is 1. The van der Waals surface area contributed by atoms with Gasteiger partial charge in [0, 0.05) is 11.8 Å². The number of nitrogens with zero attached hydrogens (tertiary/aromatic N) is 1. The molecule has 22 heavy (non-hydrogen) atoms. The van der Waals surface area contributed by atoms with Crippen LogP contribution in [0.15, 0.2) is 54.0 Å².